The molecule has 1 fully saturated rings. The molecule has 0 atom stereocenters. The first-order chi connectivity index (χ1) is 13.7. The van der Waals surface area contributed by atoms with Crippen LogP contribution in [0.15, 0.2) is 47.8 Å². The molecule has 1 saturated heterocycles. The summed E-state index contributed by atoms with van der Waals surface area (Å²) in [7, 11) is -0.335. The average Bonchev–Trinajstić information content (AvgIpc) is 2.85. The third-order valence-electron chi connectivity index (χ3n) is 6.51. The van der Waals surface area contributed by atoms with Crippen molar-refractivity contribution in [3.63, 3.8) is 0 Å². The Morgan fingerprint density at radius 2 is 1.52 bits per heavy atom. The molecule has 152 valence electrons. The first-order valence-electron chi connectivity index (χ1n) is 10.8. The highest BCUT2D eigenvalue weighted by Crippen LogP contribution is 2.39. The van der Waals surface area contributed by atoms with Crippen LogP contribution >= 0.6 is 0 Å². The minimum Gasteiger partial charge on any atom is -0.405 e. The lowest BCUT2D eigenvalue weighted by Gasteiger charge is -2.32. The Hall–Kier alpha value is -1.91. The van der Waals surface area contributed by atoms with Gasteiger partial charge < -0.3 is 19.8 Å². The topological polar surface area (TPSA) is 42.5 Å². The van der Waals surface area contributed by atoms with E-state index in [4.69, 9.17) is 9.31 Å². The van der Waals surface area contributed by atoms with Crippen molar-refractivity contribution in [1.29, 1.82) is 0 Å². The lowest BCUT2D eigenvalue weighted by molar-refractivity contribution is 0.00578. The monoisotopic (exact) mass is 390 g/mol. The molecular weight excluding hydrogens is 358 g/mol. The first-order valence-corrected chi connectivity index (χ1v) is 10.8. The highest BCUT2D eigenvalue weighted by Gasteiger charge is 2.50. The molecule has 0 amide bonds. The van der Waals surface area contributed by atoms with E-state index in [2.05, 4.69) is 94.4 Å². The summed E-state index contributed by atoms with van der Waals surface area (Å²) in [5, 5.41) is 9.92. The highest BCUT2D eigenvalue weighted by molar-refractivity contribution is 6.76. The second kappa shape index (κ2) is 7.41. The smallest absolute Gasteiger partial charge is 0.405 e. The maximum atomic E-state index is 6.27. The van der Waals surface area contributed by atoms with Gasteiger partial charge >= 0.3 is 14.1 Å². The maximum absolute atomic E-state index is 6.27. The molecule has 0 aromatic heterocycles. The summed E-state index contributed by atoms with van der Waals surface area (Å²) >= 11 is 0. The van der Waals surface area contributed by atoms with Crippen molar-refractivity contribution in [2.24, 2.45) is 5.92 Å². The van der Waals surface area contributed by atoms with E-state index in [9.17, 15) is 0 Å². The fourth-order valence-electron chi connectivity index (χ4n) is 4.02. The van der Waals surface area contributed by atoms with Gasteiger partial charge in [-0.1, -0.05) is 49.6 Å². The van der Waals surface area contributed by atoms with Crippen LogP contribution in [0, 0.1) is 5.92 Å². The predicted molar refractivity (Wildman–Crippen MR) is 125 cm³/mol. The molecule has 29 heavy (non-hydrogen) atoms. The van der Waals surface area contributed by atoms with E-state index in [1.54, 1.807) is 0 Å². The van der Waals surface area contributed by atoms with Gasteiger partial charge in [0, 0.05) is 16.8 Å². The van der Waals surface area contributed by atoms with Gasteiger partial charge in [0.15, 0.2) is 0 Å². The summed E-state index contributed by atoms with van der Waals surface area (Å²) < 4.78 is 12.5. The quantitative estimate of drug-likeness (QED) is 0.643. The van der Waals surface area contributed by atoms with Crippen LogP contribution in [0.1, 0.15) is 54.4 Å². The van der Waals surface area contributed by atoms with Gasteiger partial charge in [-0.25, -0.2) is 0 Å². The third-order valence-corrected chi connectivity index (χ3v) is 6.51. The van der Waals surface area contributed by atoms with Crippen LogP contribution in [0.5, 0.6) is 0 Å². The molecule has 2 heterocycles. The van der Waals surface area contributed by atoms with Crippen molar-refractivity contribution in [1.82, 2.24) is 0 Å². The van der Waals surface area contributed by atoms with Crippen LogP contribution in [0.4, 0.5) is 11.4 Å². The molecular formula is C23H32B2N2O2. The van der Waals surface area contributed by atoms with E-state index >= 15 is 0 Å². The summed E-state index contributed by atoms with van der Waals surface area (Å²) in [5.74, 6) is 2.81. The molecule has 2 aromatic rings. The van der Waals surface area contributed by atoms with Crippen LogP contribution in [-0.2, 0) is 9.31 Å². The molecule has 0 aliphatic carbocycles. The van der Waals surface area contributed by atoms with Crippen LogP contribution < -0.4 is 10.5 Å². The molecule has 0 spiro atoms. The lowest BCUT2D eigenvalue weighted by Crippen LogP contribution is -2.41. The van der Waals surface area contributed by atoms with Gasteiger partial charge in [-0.2, -0.15) is 0 Å². The van der Waals surface area contributed by atoms with Gasteiger partial charge in [0.25, 0.3) is 0 Å². The molecule has 0 bridgehead atoms. The summed E-state index contributed by atoms with van der Waals surface area (Å²) in [6.07, 6.45) is 2.11. The summed E-state index contributed by atoms with van der Waals surface area (Å²) in [6, 6.07) is 12.9. The molecule has 6 heteroatoms. The number of nitrogens with one attached hydrogen (secondary N) is 2. The van der Waals surface area contributed by atoms with E-state index in [1.165, 1.54) is 27.6 Å². The fraction of sp³-hybridized carbons (Fsp3) is 0.478. The van der Waals surface area contributed by atoms with E-state index in [0.717, 1.165) is 12.8 Å². The lowest BCUT2D eigenvalue weighted by atomic mass is 9.60. The SMILES string of the molecule is CC(C)CC/C(=C/B1OC(C)(C)C(C)(C)O1)B1Nc2cccc3cccc(c23)N1. The van der Waals surface area contributed by atoms with E-state index < -0.39 is 0 Å². The maximum Gasteiger partial charge on any atom is 0.486 e. The molecule has 2 N–H and O–H groups in total. The molecule has 0 unspecified atom stereocenters. The molecule has 2 aliphatic rings. The molecule has 2 aliphatic heterocycles. The zero-order valence-corrected chi connectivity index (χ0v) is 18.5. The number of anilines is 2. The van der Waals surface area contributed by atoms with Gasteiger partial charge in [0.1, 0.15) is 0 Å². The number of benzene rings is 2. The van der Waals surface area contributed by atoms with Crippen LogP contribution in [0.25, 0.3) is 10.8 Å². The second-order valence-corrected chi connectivity index (χ2v) is 9.73. The van der Waals surface area contributed by atoms with Gasteiger partial charge in [-0.05, 0) is 64.0 Å². The number of rotatable bonds is 5. The Labute approximate surface area is 175 Å². The molecule has 0 radical (unpaired) electrons. The second-order valence-electron chi connectivity index (χ2n) is 9.73. The summed E-state index contributed by atoms with van der Waals surface area (Å²) in [6.45, 7) is 13.0. The fourth-order valence-corrected chi connectivity index (χ4v) is 4.02. The van der Waals surface area contributed by atoms with Gasteiger partial charge in [-0.15, -0.1) is 0 Å². The third kappa shape index (κ3) is 3.93. The van der Waals surface area contributed by atoms with Gasteiger partial charge in [0.05, 0.1) is 11.2 Å². The normalized spacial score (nSPS) is 20.2. The molecule has 4 rings (SSSR count). The zero-order chi connectivity index (χ0) is 20.8. The number of hydrogen-bond acceptors (Lipinski definition) is 4. The van der Waals surface area contributed by atoms with E-state index in [1.807, 2.05) is 0 Å². The summed E-state index contributed by atoms with van der Waals surface area (Å²) in [5.41, 5.74) is 2.97. The van der Waals surface area contributed by atoms with Crippen LogP contribution in [0.2, 0.25) is 0 Å². The van der Waals surface area contributed by atoms with Crippen molar-refractivity contribution in [2.45, 2.75) is 65.6 Å². The predicted octanol–water partition coefficient (Wildman–Crippen LogP) is 5.70. The first kappa shape index (κ1) is 20.4. The Balaban J connectivity index is 1.64. The number of allylic oxidation sites excluding steroid dienone is 1. The minimum atomic E-state index is -0.335. The van der Waals surface area contributed by atoms with Gasteiger partial charge in [-0.3, -0.25) is 0 Å². The highest BCUT2D eigenvalue weighted by atomic mass is 16.7. The van der Waals surface area contributed by atoms with Crippen molar-refractivity contribution in [2.75, 3.05) is 10.5 Å². The van der Waals surface area contributed by atoms with E-state index in [-0.39, 0.29) is 25.3 Å². The molecule has 0 saturated carbocycles. The average molecular weight is 390 g/mol. The Morgan fingerprint density at radius 1 is 0.966 bits per heavy atom. The van der Waals surface area contributed by atoms with E-state index in [0.29, 0.717) is 5.92 Å². The molecule has 4 nitrogen and oxygen atoms in total. The standard InChI is InChI=1S/C23H32B2N2O2/c1-16(2)13-14-18(15-24-28-22(3,4)23(5,6)29-24)25-26-19-11-7-9-17-10-8-12-20(27-25)21(17)19/h7-12,15-16,26-27H,13-14H2,1-6H3/b18-15-. The van der Waals surface area contributed by atoms with Crippen molar-refractivity contribution in [3.8, 4) is 0 Å². The minimum absolute atomic E-state index is 0.0216. The van der Waals surface area contributed by atoms with Crippen molar-refractivity contribution >= 4 is 36.2 Å². The van der Waals surface area contributed by atoms with Crippen molar-refractivity contribution < 1.29 is 9.31 Å². The largest absolute Gasteiger partial charge is 0.486 e. The van der Waals surface area contributed by atoms with Crippen molar-refractivity contribution in [3.05, 3.63) is 47.8 Å². The number of hydrogen-bond donors (Lipinski definition) is 2. The zero-order valence-electron chi connectivity index (χ0n) is 18.5. The van der Waals surface area contributed by atoms with Crippen LogP contribution in [-0.4, -0.2) is 25.3 Å². The van der Waals surface area contributed by atoms with Gasteiger partial charge in [0.2, 0.25) is 0 Å². The Kier molecular flexibility index (Phi) is 5.20. The van der Waals surface area contributed by atoms with Crippen LogP contribution in [0.3, 0.4) is 0 Å². The Bertz CT molecular complexity index is 883. The molecule has 2 aromatic carbocycles. The summed E-state index contributed by atoms with van der Waals surface area (Å²) in [4.78, 5) is 0. The Morgan fingerprint density at radius 3 is 2.03 bits per heavy atom.